The zero-order valence-corrected chi connectivity index (χ0v) is 20.1. The summed E-state index contributed by atoms with van der Waals surface area (Å²) in [5.74, 6) is -1.38. The molecule has 0 radical (unpaired) electrons. The van der Waals surface area contributed by atoms with Crippen molar-refractivity contribution in [3.8, 4) is 11.1 Å². The number of nitrogens with zero attached hydrogens (tertiary/aromatic N) is 1. The summed E-state index contributed by atoms with van der Waals surface area (Å²) in [4.78, 5) is 26.0. The summed E-state index contributed by atoms with van der Waals surface area (Å²) in [6, 6.07) is 20.7. The number of carbonyl (C=O) groups excluding carboxylic acids is 1. The fourth-order valence-electron chi connectivity index (χ4n) is 4.20. The van der Waals surface area contributed by atoms with E-state index in [2.05, 4.69) is 10.6 Å². The normalized spacial score (nSPS) is 13.5. The first-order valence-electron chi connectivity index (χ1n) is 11.1. The lowest BCUT2D eigenvalue weighted by molar-refractivity contribution is -0.144. The van der Waals surface area contributed by atoms with Crippen LogP contribution in [0.3, 0.4) is 0 Å². The van der Waals surface area contributed by atoms with Crippen LogP contribution < -0.4 is 10.6 Å². The molecule has 34 heavy (non-hydrogen) atoms. The Kier molecular flexibility index (Phi) is 6.65. The SMILES string of the molecule is Cc1ccc(NC(=S)Nc2ccc(-c3ccc4c(c3)CN([C@H](C(=O)O)C(C)C)C4=O)cc2)cc1. The van der Waals surface area contributed by atoms with Crippen LogP contribution in [0.4, 0.5) is 11.4 Å². The third-order valence-electron chi connectivity index (χ3n) is 5.94. The Morgan fingerprint density at radius 2 is 1.50 bits per heavy atom. The summed E-state index contributed by atoms with van der Waals surface area (Å²) in [5, 5.41) is 16.5. The predicted molar refractivity (Wildman–Crippen MR) is 139 cm³/mol. The Hall–Kier alpha value is -3.71. The molecule has 0 unspecified atom stereocenters. The average Bonchev–Trinajstić information content (AvgIpc) is 3.10. The van der Waals surface area contributed by atoms with Gasteiger partial charge in [-0.15, -0.1) is 0 Å². The Morgan fingerprint density at radius 3 is 2.06 bits per heavy atom. The molecule has 0 bridgehead atoms. The molecule has 0 spiro atoms. The van der Waals surface area contributed by atoms with E-state index >= 15 is 0 Å². The lowest BCUT2D eigenvalue weighted by Gasteiger charge is -2.27. The van der Waals surface area contributed by atoms with Crippen LogP contribution in [0.5, 0.6) is 0 Å². The number of rotatable bonds is 6. The van der Waals surface area contributed by atoms with Crippen molar-refractivity contribution in [3.63, 3.8) is 0 Å². The number of carbonyl (C=O) groups is 2. The Morgan fingerprint density at radius 1 is 0.941 bits per heavy atom. The largest absolute Gasteiger partial charge is 0.480 e. The number of hydrogen-bond acceptors (Lipinski definition) is 3. The molecule has 3 aromatic carbocycles. The van der Waals surface area contributed by atoms with E-state index in [4.69, 9.17) is 12.2 Å². The van der Waals surface area contributed by atoms with Crippen LogP contribution >= 0.6 is 12.2 Å². The molecule has 6 nitrogen and oxygen atoms in total. The van der Waals surface area contributed by atoms with E-state index in [1.54, 1.807) is 6.07 Å². The number of nitrogens with one attached hydrogen (secondary N) is 2. The zero-order chi connectivity index (χ0) is 24.4. The first kappa shape index (κ1) is 23.4. The van der Waals surface area contributed by atoms with Crippen molar-refractivity contribution >= 4 is 40.6 Å². The van der Waals surface area contributed by atoms with Gasteiger partial charge in [-0.25, -0.2) is 4.79 Å². The minimum absolute atomic E-state index is 0.179. The molecule has 0 aliphatic carbocycles. The number of aliphatic carboxylic acids is 1. The molecule has 0 saturated heterocycles. The Balaban J connectivity index is 1.46. The van der Waals surface area contributed by atoms with Gasteiger partial charge in [-0.05, 0) is 78.1 Å². The van der Waals surface area contributed by atoms with Gasteiger partial charge in [0.25, 0.3) is 5.91 Å². The van der Waals surface area contributed by atoms with Gasteiger partial charge >= 0.3 is 5.97 Å². The van der Waals surface area contributed by atoms with Crippen LogP contribution in [0.15, 0.2) is 66.7 Å². The van der Waals surface area contributed by atoms with E-state index in [1.807, 2.05) is 81.4 Å². The zero-order valence-electron chi connectivity index (χ0n) is 19.3. The van der Waals surface area contributed by atoms with Crippen LogP contribution in [0.25, 0.3) is 11.1 Å². The van der Waals surface area contributed by atoms with Crippen molar-refractivity contribution in [2.24, 2.45) is 5.92 Å². The first-order valence-corrected chi connectivity index (χ1v) is 11.6. The second kappa shape index (κ2) is 9.65. The molecule has 3 aromatic rings. The maximum atomic E-state index is 12.8. The Bertz CT molecular complexity index is 1240. The average molecular weight is 474 g/mol. The number of benzene rings is 3. The van der Waals surface area contributed by atoms with E-state index in [-0.39, 0.29) is 11.8 Å². The van der Waals surface area contributed by atoms with Crippen LogP contribution in [-0.4, -0.2) is 33.0 Å². The highest BCUT2D eigenvalue weighted by molar-refractivity contribution is 7.80. The van der Waals surface area contributed by atoms with Crippen LogP contribution in [0.2, 0.25) is 0 Å². The molecule has 1 heterocycles. The molecule has 7 heteroatoms. The van der Waals surface area contributed by atoms with E-state index in [0.717, 1.165) is 28.1 Å². The third kappa shape index (κ3) is 4.94. The molecule has 0 saturated carbocycles. The van der Waals surface area contributed by atoms with Gasteiger partial charge in [-0.1, -0.05) is 49.7 Å². The highest BCUT2D eigenvalue weighted by atomic mass is 32.1. The van der Waals surface area contributed by atoms with Crippen LogP contribution in [-0.2, 0) is 11.3 Å². The van der Waals surface area contributed by atoms with Gasteiger partial charge < -0.3 is 20.6 Å². The summed E-state index contributed by atoms with van der Waals surface area (Å²) < 4.78 is 0. The van der Waals surface area contributed by atoms with Gasteiger partial charge in [0.15, 0.2) is 5.11 Å². The molecule has 1 amide bonds. The molecule has 1 atom stereocenters. The van der Waals surface area contributed by atoms with Gasteiger partial charge in [0.2, 0.25) is 0 Å². The lowest BCUT2D eigenvalue weighted by Crippen LogP contribution is -2.44. The van der Waals surface area contributed by atoms with Crippen LogP contribution in [0.1, 0.15) is 35.3 Å². The van der Waals surface area contributed by atoms with Gasteiger partial charge in [-0.2, -0.15) is 0 Å². The van der Waals surface area contributed by atoms with Crippen molar-refractivity contribution in [2.75, 3.05) is 10.6 Å². The number of thiocarbonyl (C=S) groups is 1. The highest BCUT2D eigenvalue weighted by Gasteiger charge is 2.38. The van der Waals surface area contributed by atoms with E-state index in [1.165, 1.54) is 10.5 Å². The molecule has 1 aliphatic rings. The van der Waals surface area contributed by atoms with Crippen molar-refractivity contribution in [3.05, 3.63) is 83.4 Å². The number of fused-ring (bicyclic) bond motifs is 1. The fourth-order valence-corrected chi connectivity index (χ4v) is 4.44. The van der Waals surface area contributed by atoms with Crippen molar-refractivity contribution < 1.29 is 14.7 Å². The minimum atomic E-state index is -0.978. The number of carboxylic acids is 1. The van der Waals surface area contributed by atoms with Crippen molar-refractivity contribution in [1.82, 2.24) is 4.90 Å². The summed E-state index contributed by atoms with van der Waals surface area (Å²) >= 11 is 5.41. The maximum Gasteiger partial charge on any atom is 0.326 e. The topological polar surface area (TPSA) is 81.7 Å². The third-order valence-corrected chi connectivity index (χ3v) is 6.15. The maximum absolute atomic E-state index is 12.8. The molecule has 1 aliphatic heterocycles. The van der Waals surface area contributed by atoms with Gasteiger partial charge in [0, 0.05) is 23.5 Å². The van der Waals surface area contributed by atoms with Crippen molar-refractivity contribution in [2.45, 2.75) is 33.4 Å². The second-order valence-electron chi connectivity index (χ2n) is 8.85. The minimum Gasteiger partial charge on any atom is -0.480 e. The first-order chi connectivity index (χ1) is 16.2. The molecule has 4 rings (SSSR count). The number of hydrogen-bond donors (Lipinski definition) is 3. The fraction of sp³-hybridized carbons (Fsp3) is 0.222. The predicted octanol–water partition coefficient (Wildman–Crippen LogP) is 5.54. The molecular formula is C27H27N3O3S. The van der Waals surface area contributed by atoms with Gasteiger partial charge in [0.1, 0.15) is 6.04 Å². The molecule has 174 valence electrons. The van der Waals surface area contributed by atoms with E-state index < -0.39 is 12.0 Å². The number of carboxylic acid groups (broad SMARTS) is 1. The van der Waals surface area contributed by atoms with E-state index in [9.17, 15) is 14.7 Å². The quantitative estimate of drug-likeness (QED) is 0.408. The summed E-state index contributed by atoms with van der Waals surface area (Å²) in [6.45, 7) is 5.97. The number of amides is 1. The summed E-state index contributed by atoms with van der Waals surface area (Å²) in [7, 11) is 0. The summed E-state index contributed by atoms with van der Waals surface area (Å²) in [6.07, 6.45) is 0. The van der Waals surface area contributed by atoms with Gasteiger partial charge in [-0.3, -0.25) is 4.79 Å². The molecule has 0 fully saturated rings. The second-order valence-corrected chi connectivity index (χ2v) is 9.26. The molecule has 0 aromatic heterocycles. The monoisotopic (exact) mass is 473 g/mol. The summed E-state index contributed by atoms with van der Waals surface area (Å²) in [5.41, 5.74) is 6.35. The number of aryl methyl sites for hydroxylation is 1. The standard InChI is InChI=1S/C27H27N3O3S/c1-16(2)24(26(32)33)30-15-20-14-19(8-13-23(20)25(30)31)18-6-11-22(12-7-18)29-27(34)28-21-9-4-17(3)5-10-21/h4-14,16,24H,15H2,1-3H3,(H,32,33)(H2,28,29,34)/t24-/m0/s1. The number of anilines is 2. The molecule has 3 N–H and O–H groups in total. The van der Waals surface area contributed by atoms with Crippen molar-refractivity contribution in [1.29, 1.82) is 0 Å². The Labute approximate surface area is 204 Å². The lowest BCUT2D eigenvalue weighted by atomic mass is 10.0. The van der Waals surface area contributed by atoms with E-state index in [0.29, 0.717) is 17.2 Å². The highest BCUT2D eigenvalue weighted by Crippen LogP contribution is 2.31. The molecular weight excluding hydrogens is 446 g/mol. The smallest absolute Gasteiger partial charge is 0.326 e. The van der Waals surface area contributed by atoms with Gasteiger partial charge in [0.05, 0.1) is 0 Å². The van der Waals surface area contributed by atoms with Crippen LogP contribution in [0, 0.1) is 12.8 Å².